The Morgan fingerprint density at radius 2 is 1.90 bits per heavy atom. The first-order chi connectivity index (χ1) is 9.69. The normalized spacial score (nSPS) is 23.1. The van der Waals surface area contributed by atoms with E-state index in [0.717, 1.165) is 35.4 Å². The molecule has 0 spiro atoms. The Labute approximate surface area is 119 Å². The lowest BCUT2D eigenvalue weighted by Gasteiger charge is -2.37. The van der Waals surface area contributed by atoms with E-state index in [9.17, 15) is 0 Å². The minimum atomic E-state index is 0.474. The second-order valence-corrected chi connectivity index (χ2v) is 5.56. The number of piperazine rings is 1. The van der Waals surface area contributed by atoms with Crippen molar-refractivity contribution in [2.24, 2.45) is 0 Å². The maximum Gasteiger partial charge on any atom is 0.136 e. The lowest BCUT2D eigenvalue weighted by Crippen LogP contribution is -2.54. The lowest BCUT2D eigenvalue weighted by molar-refractivity contribution is 0.405. The molecule has 0 amide bonds. The number of rotatable bonds is 2. The number of nitrogens with one attached hydrogen (secondary N) is 1. The highest BCUT2D eigenvalue weighted by molar-refractivity contribution is 5.96. The molecule has 0 bridgehead atoms. The summed E-state index contributed by atoms with van der Waals surface area (Å²) in [5, 5.41) is 5.84. The molecule has 0 saturated carbocycles. The summed E-state index contributed by atoms with van der Waals surface area (Å²) >= 11 is 0. The summed E-state index contributed by atoms with van der Waals surface area (Å²) in [6.07, 6.45) is 1.87. The molecular formula is C16H21N3O. The van der Waals surface area contributed by atoms with Gasteiger partial charge in [-0.3, -0.25) is 0 Å². The van der Waals surface area contributed by atoms with Gasteiger partial charge in [0.15, 0.2) is 0 Å². The third-order valence-electron chi connectivity index (χ3n) is 3.82. The van der Waals surface area contributed by atoms with E-state index < -0.39 is 0 Å². The van der Waals surface area contributed by atoms with Gasteiger partial charge in [0.25, 0.3) is 0 Å². The number of hydrogen-bond donors (Lipinski definition) is 1. The molecule has 1 N–H and O–H groups in total. The third kappa shape index (κ3) is 2.31. The Morgan fingerprint density at radius 3 is 2.60 bits per heavy atom. The molecule has 0 aliphatic carbocycles. The number of aromatic nitrogens is 1. The van der Waals surface area contributed by atoms with E-state index in [2.05, 4.69) is 35.1 Å². The molecule has 4 nitrogen and oxygen atoms in total. The molecular weight excluding hydrogens is 250 g/mol. The average molecular weight is 271 g/mol. The minimum absolute atomic E-state index is 0.474. The molecule has 1 aromatic heterocycles. The number of fused-ring (bicyclic) bond motifs is 1. The summed E-state index contributed by atoms with van der Waals surface area (Å²) in [6.45, 7) is 6.39. The lowest BCUT2D eigenvalue weighted by atomic mass is 10.1. The van der Waals surface area contributed by atoms with Crippen molar-refractivity contribution in [3.8, 4) is 5.75 Å². The molecule has 2 atom stereocenters. The van der Waals surface area contributed by atoms with Gasteiger partial charge in [-0.15, -0.1) is 0 Å². The number of anilines is 1. The zero-order chi connectivity index (χ0) is 14.1. The highest BCUT2D eigenvalue weighted by atomic mass is 16.5. The molecule has 106 valence electrons. The monoisotopic (exact) mass is 271 g/mol. The van der Waals surface area contributed by atoms with Gasteiger partial charge in [-0.05, 0) is 26.0 Å². The Balaban J connectivity index is 2.07. The Bertz CT molecular complexity index is 604. The smallest absolute Gasteiger partial charge is 0.136 e. The second-order valence-electron chi connectivity index (χ2n) is 5.56. The number of ether oxygens (including phenoxy) is 1. The highest BCUT2D eigenvalue weighted by Crippen LogP contribution is 2.31. The van der Waals surface area contributed by atoms with Crippen LogP contribution in [0.1, 0.15) is 13.8 Å². The van der Waals surface area contributed by atoms with Crippen molar-refractivity contribution in [1.29, 1.82) is 0 Å². The first-order valence-electron chi connectivity index (χ1n) is 7.11. The molecule has 1 saturated heterocycles. The zero-order valence-corrected chi connectivity index (χ0v) is 12.3. The Kier molecular flexibility index (Phi) is 3.49. The van der Waals surface area contributed by atoms with E-state index in [0.29, 0.717) is 12.1 Å². The van der Waals surface area contributed by atoms with Gasteiger partial charge in [-0.25, -0.2) is 4.98 Å². The van der Waals surface area contributed by atoms with Crippen molar-refractivity contribution in [1.82, 2.24) is 10.3 Å². The van der Waals surface area contributed by atoms with Gasteiger partial charge in [0.05, 0.1) is 7.11 Å². The maximum atomic E-state index is 5.45. The predicted octanol–water partition coefficient (Wildman–Crippen LogP) is 2.43. The number of hydrogen-bond acceptors (Lipinski definition) is 4. The molecule has 4 heteroatoms. The van der Waals surface area contributed by atoms with E-state index in [1.165, 1.54) is 0 Å². The van der Waals surface area contributed by atoms with Crippen molar-refractivity contribution in [3.05, 3.63) is 30.5 Å². The molecule has 2 heterocycles. The highest BCUT2D eigenvalue weighted by Gasteiger charge is 2.23. The molecule has 0 radical (unpaired) electrons. The SMILES string of the molecule is COc1cccc2c(N3CC(C)NC(C)C3)nccc12. The van der Waals surface area contributed by atoms with Crippen molar-refractivity contribution < 1.29 is 4.74 Å². The summed E-state index contributed by atoms with van der Waals surface area (Å²) < 4.78 is 5.45. The fourth-order valence-electron chi connectivity index (χ4n) is 3.09. The van der Waals surface area contributed by atoms with Gasteiger partial charge in [0.2, 0.25) is 0 Å². The van der Waals surface area contributed by atoms with Crippen LogP contribution in [-0.4, -0.2) is 37.3 Å². The molecule has 1 aromatic carbocycles. The van der Waals surface area contributed by atoms with E-state index in [-0.39, 0.29) is 0 Å². The van der Waals surface area contributed by atoms with Crippen LogP contribution >= 0.6 is 0 Å². The Morgan fingerprint density at radius 1 is 1.15 bits per heavy atom. The predicted molar refractivity (Wildman–Crippen MR) is 82.6 cm³/mol. The van der Waals surface area contributed by atoms with Crippen LogP contribution in [0.25, 0.3) is 10.8 Å². The van der Waals surface area contributed by atoms with Crippen LogP contribution in [0.4, 0.5) is 5.82 Å². The zero-order valence-electron chi connectivity index (χ0n) is 12.3. The Hall–Kier alpha value is -1.81. The van der Waals surface area contributed by atoms with Crippen molar-refractivity contribution in [2.45, 2.75) is 25.9 Å². The van der Waals surface area contributed by atoms with Crippen LogP contribution < -0.4 is 15.0 Å². The van der Waals surface area contributed by atoms with Crippen molar-refractivity contribution in [2.75, 3.05) is 25.1 Å². The largest absolute Gasteiger partial charge is 0.496 e. The third-order valence-corrected chi connectivity index (χ3v) is 3.82. The average Bonchev–Trinajstić information content (AvgIpc) is 2.45. The van der Waals surface area contributed by atoms with Crippen LogP contribution in [0.2, 0.25) is 0 Å². The van der Waals surface area contributed by atoms with Gasteiger partial charge in [0, 0.05) is 42.1 Å². The van der Waals surface area contributed by atoms with Crippen molar-refractivity contribution in [3.63, 3.8) is 0 Å². The topological polar surface area (TPSA) is 37.4 Å². The van der Waals surface area contributed by atoms with E-state index in [1.807, 2.05) is 24.4 Å². The molecule has 2 aromatic rings. The van der Waals surface area contributed by atoms with Crippen LogP contribution in [0.5, 0.6) is 5.75 Å². The van der Waals surface area contributed by atoms with E-state index >= 15 is 0 Å². The van der Waals surface area contributed by atoms with Gasteiger partial charge < -0.3 is 15.0 Å². The molecule has 20 heavy (non-hydrogen) atoms. The van der Waals surface area contributed by atoms with Crippen LogP contribution in [-0.2, 0) is 0 Å². The second kappa shape index (κ2) is 5.29. The fourth-order valence-corrected chi connectivity index (χ4v) is 3.09. The van der Waals surface area contributed by atoms with E-state index in [4.69, 9.17) is 4.74 Å². The molecule has 1 aliphatic heterocycles. The molecule has 1 aliphatic rings. The van der Waals surface area contributed by atoms with Gasteiger partial charge in [0.1, 0.15) is 11.6 Å². The van der Waals surface area contributed by atoms with Gasteiger partial charge in [-0.2, -0.15) is 0 Å². The van der Waals surface area contributed by atoms with Gasteiger partial charge >= 0.3 is 0 Å². The summed E-state index contributed by atoms with van der Waals surface area (Å²) in [4.78, 5) is 6.99. The number of methoxy groups -OCH3 is 1. The standard InChI is InChI=1S/C16H21N3O/c1-11-9-19(10-12(2)18-11)16-14-5-4-6-15(20-3)13(14)7-8-17-16/h4-8,11-12,18H,9-10H2,1-3H3. The van der Waals surface area contributed by atoms with Gasteiger partial charge in [-0.1, -0.05) is 12.1 Å². The number of nitrogens with zero attached hydrogens (tertiary/aromatic N) is 2. The summed E-state index contributed by atoms with van der Waals surface area (Å²) in [5.74, 6) is 1.96. The number of pyridine rings is 1. The quantitative estimate of drug-likeness (QED) is 0.910. The van der Waals surface area contributed by atoms with Crippen LogP contribution in [0.3, 0.4) is 0 Å². The molecule has 1 fully saturated rings. The number of benzene rings is 1. The minimum Gasteiger partial charge on any atom is -0.496 e. The summed E-state index contributed by atoms with van der Waals surface area (Å²) in [6, 6.07) is 9.11. The summed E-state index contributed by atoms with van der Waals surface area (Å²) in [5.41, 5.74) is 0. The first kappa shape index (κ1) is 13.2. The van der Waals surface area contributed by atoms with Crippen LogP contribution in [0, 0.1) is 0 Å². The molecule has 3 rings (SSSR count). The van der Waals surface area contributed by atoms with E-state index in [1.54, 1.807) is 7.11 Å². The van der Waals surface area contributed by atoms with Crippen molar-refractivity contribution >= 4 is 16.6 Å². The fraction of sp³-hybridized carbons (Fsp3) is 0.438. The summed E-state index contributed by atoms with van der Waals surface area (Å²) in [7, 11) is 1.71. The first-order valence-corrected chi connectivity index (χ1v) is 7.11. The van der Waals surface area contributed by atoms with Crippen LogP contribution in [0.15, 0.2) is 30.5 Å². The maximum absolute atomic E-state index is 5.45. The molecule has 2 unspecified atom stereocenters.